The molecule has 0 aromatic heterocycles. The maximum absolute atomic E-state index is 12.6. The van der Waals surface area contributed by atoms with Crippen LogP contribution in [0.5, 0.6) is 5.75 Å². The topological polar surface area (TPSA) is 58.6 Å². The Balaban J connectivity index is 1.74. The Kier molecular flexibility index (Phi) is 5.18. The minimum Gasteiger partial charge on any atom is -0.497 e. The van der Waals surface area contributed by atoms with Crippen LogP contribution in [0.1, 0.15) is 17.5 Å². The van der Waals surface area contributed by atoms with Gasteiger partial charge in [0.2, 0.25) is 11.8 Å². The molecule has 1 N–H and O–H groups in total. The van der Waals surface area contributed by atoms with E-state index >= 15 is 0 Å². The van der Waals surface area contributed by atoms with E-state index in [2.05, 4.69) is 5.32 Å². The van der Waals surface area contributed by atoms with E-state index in [0.717, 1.165) is 16.9 Å². The van der Waals surface area contributed by atoms with Gasteiger partial charge in [0, 0.05) is 18.7 Å². The highest BCUT2D eigenvalue weighted by atomic mass is 35.5. The van der Waals surface area contributed by atoms with Crippen molar-refractivity contribution in [3.8, 4) is 5.75 Å². The predicted molar refractivity (Wildman–Crippen MR) is 103 cm³/mol. The summed E-state index contributed by atoms with van der Waals surface area (Å²) in [4.78, 5) is 26.7. The number of nitrogens with one attached hydrogen (secondary N) is 1. The normalized spacial score (nSPS) is 16.7. The van der Waals surface area contributed by atoms with E-state index in [0.29, 0.717) is 22.9 Å². The number of halogens is 1. The highest BCUT2D eigenvalue weighted by molar-refractivity contribution is 6.34. The summed E-state index contributed by atoms with van der Waals surface area (Å²) < 4.78 is 5.11. The van der Waals surface area contributed by atoms with Crippen LogP contribution >= 0.6 is 11.6 Å². The molecule has 1 heterocycles. The molecule has 1 fully saturated rings. The van der Waals surface area contributed by atoms with Gasteiger partial charge in [-0.1, -0.05) is 17.7 Å². The summed E-state index contributed by atoms with van der Waals surface area (Å²) in [6.07, 6.45) is 0.172. The van der Waals surface area contributed by atoms with Gasteiger partial charge in [-0.2, -0.15) is 0 Å². The van der Waals surface area contributed by atoms with Crippen molar-refractivity contribution in [1.82, 2.24) is 0 Å². The van der Waals surface area contributed by atoms with E-state index in [1.807, 2.05) is 26.0 Å². The van der Waals surface area contributed by atoms with Gasteiger partial charge >= 0.3 is 0 Å². The molecule has 0 radical (unpaired) electrons. The van der Waals surface area contributed by atoms with Crippen molar-refractivity contribution in [3.63, 3.8) is 0 Å². The smallest absolute Gasteiger partial charge is 0.229 e. The molecule has 0 spiro atoms. The number of carbonyl (C=O) groups is 2. The first-order valence-electron chi connectivity index (χ1n) is 8.41. The second-order valence-corrected chi connectivity index (χ2v) is 6.94. The van der Waals surface area contributed by atoms with Crippen LogP contribution in [0.15, 0.2) is 36.4 Å². The Morgan fingerprint density at radius 2 is 1.92 bits per heavy atom. The monoisotopic (exact) mass is 372 g/mol. The minimum atomic E-state index is -0.415. The maximum atomic E-state index is 12.6. The third-order valence-electron chi connectivity index (χ3n) is 4.52. The van der Waals surface area contributed by atoms with Gasteiger partial charge in [-0.05, 0) is 55.3 Å². The number of aryl methyl sites for hydroxylation is 2. The molecule has 6 heteroatoms. The van der Waals surface area contributed by atoms with Crippen molar-refractivity contribution in [2.24, 2.45) is 5.92 Å². The highest BCUT2D eigenvalue weighted by Gasteiger charge is 2.36. The maximum Gasteiger partial charge on any atom is 0.229 e. The highest BCUT2D eigenvalue weighted by Crippen LogP contribution is 2.35. The zero-order chi connectivity index (χ0) is 18.8. The van der Waals surface area contributed by atoms with Gasteiger partial charge in [0.1, 0.15) is 5.75 Å². The molecule has 0 bridgehead atoms. The molecule has 5 nitrogen and oxygen atoms in total. The van der Waals surface area contributed by atoms with E-state index < -0.39 is 5.92 Å². The number of methoxy groups -OCH3 is 1. The second kappa shape index (κ2) is 7.38. The molecule has 0 saturated carbocycles. The Hall–Kier alpha value is -2.53. The second-order valence-electron chi connectivity index (χ2n) is 6.54. The molecule has 1 saturated heterocycles. The number of nitrogens with zero attached hydrogens (tertiary/aromatic N) is 1. The summed E-state index contributed by atoms with van der Waals surface area (Å²) in [5.74, 6) is 0.0386. The SMILES string of the molecule is COc1ccc(NC(=O)C2CC(=O)N(c3c(C)cc(C)cc3Cl)C2)cc1. The number of rotatable bonds is 4. The number of carbonyl (C=O) groups excluding carboxylic acids is 2. The van der Waals surface area contributed by atoms with Gasteiger partial charge in [0.15, 0.2) is 0 Å². The molecule has 26 heavy (non-hydrogen) atoms. The number of amides is 2. The Morgan fingerprint density at radius 3 is 2.54 bits per heavy atom. The van der Waals surface area contributed by atoms with E-state index in [4.69, 9.17) is 16.3 Å². The number of ether oxygens (including phenoxy) is 1. The largest absolute Gasteiger partial charge is 0.497 e. The van der Waals surface area contributed by atoms with Crippen molar-refractivity contribution in [1.29, 1.82) is 0 Å². The standard InChI is InChI=1S/C20H21ClN2O3/c1-12-8-13(2)19(17(21)9-12)23-11-14(10-18(23)24)20(25)22-15-4-6-16(26-3)7-5-15/h4-9,14H,10-11H2,1-3H3,(H,22,25). The molecule has 2 amide bonds. The van der Waals surface area contributed by atoms with Gasteiger partial charge in [-0.25, -0.2) is 0 Å². The molecular weight excluding hydrogens is 352 g/mol. The van der Waals surface area contributed by atoms with Gasteiger partial charge < -0.3 is 15.0 Å². The fourth-order valence-electron chi connectivity index (χ4n) is 3.27. The predicted octanol–water partition coefficient (Wildman–Crippen LogP) is 3.96. The number of benzene rings is 2. The van der Waals surface area contributed by atoms with Gasteiger partial charge in [0.05, 0.1) is 23.7 Å². The van der Waals surface area contributed by atoms with Crippen LogP contribution in [-0.2, 0) is 9.59 Å². The molecule has 1 aliphatic rings. The first-order valence-corrected chi connectivity index (χ1v) is 8.79. The van der Waals surface area contributed by atoms with Gasteiger partial charge in [-0.15, -0.1) is 0 Å². The van der Waals surface area contributed by atoms with E-state index in [1.165, 1.54) is 0 Å². The lowest BCUT2D eigenvalue weighted by molar-refractivity contribution is -0.122. The summed E-state index contributed by atoms with van der Waals surface area (Å²) in [6.45, 7) is 4.20. The van der Waals surface area contributed by atoms with Crippen LogP contribution in [0, 0.1) is 19.8 Å². The van der Waals surface area contributed by atoms with Crippen LogP contribution in [0.4, 0.5) is 11.4 Å². The number of hydrogen-bond acceptors (Lipinski definition) is 3. The van der Waals surface area contributed by atoms with Crippen molar-refractivity contribution >= 4 is 34.8 Å². The summed E-state index contributed by atoms with van der Waals surface area (Å²) in [6, 6.07) is 10.9. The van der Waals surface area contributed by atoms with E-state index in [-0.39, 0.29) is 18.2 Å². The molecule has 1 atom stereocenters. The zero-order valence-corrected chi connectivity index (χ0v) is 15.8. The lowest BCUT2D eigenvalue weighted by Gasteiger charge is -2.21. The minimum absolute atomic E-state index is 0.0891. The fourth-order valence-corrected chi connectivity index (χ4v) is 3.69. The van der Waals surface area contributed by atoms with Crippen molar-refractivity contribution in [2.75, 3.05) is 23.9 Å². The molecule has 3 rings (SSSR count). The Morgan fingerprint density at radius 1 is 1.23 bits per heavy atom. The fraction of sp³-hybridized carbons (Fsp3) is 0.300. The quantitative estimate of drug-likeness (QED) is 0.883. The third kappa shape index (κ3) is 3.68. The van der Waals surface area contributed by atoms with Crippen molar-refractivity contribution < 1.29 is 14.3 Å². The molecule has 1 unspecified atom stereocenters. The molecule has 2 aromatic rings. The summed E-state index contributed by atoms with van der Waals surface area (Å²) >= 11 is 6.36. The average Bonchev–Trinajstić information content (AvgIpc) is 2.96. The third-order valence-corrected chi connectivity index (χ3v) is 4.81. The number of anilines is 2. The van der Waals surface area contributed by atoms with Crippen molar-refractivity contribution in [3.05, 3.63) is 52.5 Å². The molecule has 2 aromatic carbocycles. The first kappa shape index (κ1) is 18.3. The Labute approximate surface area is 157 Å². The van der Waals surface area contributed by atoms with Crippen LogP contribution in [0.3, 0.4) is 0 Å². The zero-order valence-electron chi connectivity index (χ0n) is 15.0. The van der Waals surface area contributed by atoms with E-state index in [9.17, 15) is 9.59 Å². The van der Waals surface area contributed by atoms with Gasteiger partial charge in [-0.3, -0.25) is 9.59 Å². The van der Waals surface area contributed by atoms with Crippen LogP contribution < -0.4 is 15.0 Å². The molecule has 0 aliphatic carbocycles. The lowest BCUT2D eigenvalue weighted by Crippen LogP contribution is -2.28. The Bertz CT molecular complexity index is 826. The van der Waals surface area contributed by atoms with E-state index in [1.54, 1.807) is 36.3 Å². The number of hydrogen-bond donors (Lipinski definition) is 1. The molecular formula is C20H21ClN2O3. The van der Waals surface area contributed by atoms with Crippen LogP contribution in [0.2, 0.25) is 5.02 Å². The van der Waals surface area contributed by atoms with Gasteiger partial charge in [0.25, 0.3) is 0 Å². The first-order chi connectivity index (χ1) is 12.4. The van der Waals surface area contributed by atoms with Crippen LogP contribution in [-0.4, -0.2) is 25.5 Å². The summed E-state index contributed by atoms with van der Waals surface area (Å²) in [5.41, 5.74) is 3.34. The molecule has 1 aliphatic heterocycles. The summed E-state index contributed by atoms with van der Waals surface area (Å²) in [5, 5.41) is 3.39. The molecule has 136 valence electrons. The summed E-state index contributed by atoms with van der Waals surface area (Å²) in [7, 11) is 1.59. The van der Waals surface area contributed by atoms with Crippen molar-refractivity contribution in [2.45, 2.75) is 20.3 Å². The lowest BCUT2D eigenvalue weighted by atomic mass is 10.1. The average molecular weight is 373 g/mol. The van der Waals surface area contributed by atoms with Crippen LogP contribution in [0.25, 0.3) is 0 Å².